The predicted octanol–water partition coefficient (Wildman–Crippen LogP) is 1.83. The zero-order valence-corrected chi connectivity index (χ0v) is 14.0. The Hall–Kier alpha value is -1.75. The van der Waals surface area contributed by atoms with Gasteiger partial charge in [-0.3, -0.25) is 4.79 Å². The number of benzene rings is 1. The number of likely N-dealkylation sites (tertiary alicyclic amines) is 1. The van der Waals surface area contributed by atoms with Crippen molar-refractivity contribution in [2.24, 2.45) is 17.6 Å². The first-order valence-corrected chi connectivity index (χ1v) is 8.42. The molecule has 0 spiro atoms. The van der Waals surface area contributed by atoms with Gasteiger partial charge in [-0.05, 0) is 48.9 Å². The van der Waals surface area contributed by atoms with Crippen LogP contribution in [0.3, 0.4) is 0 Å². The van der Waals surface area contributed by atoms with Gasteiger partial charge < -0.3 is 20.1 Å². The van der Waals surface area contributed by atoms with Gasteiger partial charge in [0.05, 0.1) is 13.0 Å². The Bertz CT molecular complexity index is 575. The van der Waals surface area contributed by atoms with E-state index in [4.69, 9.17) is 15.2 Å². The Morgan fingerprint density at radius 1 is 1.48 bits per heavy atom. The number of carbonyl (C=O) groups excluding carboxylic acids is 1. The number of amides is 1. The predicted molar refractivity (Wildman–Crippen MR) is 88.6 cm³/mol. The maximum atomic E-state index is 13.0. The van der Waals surface area contributed by atoms with Gasteiger partial charge in [0.2, 0.25) is 5.91 Å². The molecule has 1 aromatic rings. The summed E-state index contributed by atoms with van der Waals surface area (Å²) in [5, 5.41) is 0. The van der Waals surface area contributed by atoms with Crippen LogP contribution in [0.2, 0.25) is 0 Å². The van der Waals surface area contributed by atoms with E-state index in [2.05, 4.69) is 6.92 Å². The zero-order chi connectivity index (χ0) is 16.4. The zero-order valence-electron chi connectivity index (χ0n) is 14.0. The van der Waals surface area contributed by atoms with Gasteiger partial charge >= 0.3 is 0 Å². The number of hydrogen-bond acceptors (Lipinski definition) is 4. The van der Waals surface area contributed by atoms with Crippen LogP contribution >= 0.6 is 0 Å². The van der Waals surface area contributed by atoms with Crippen molar-refractivity contribution in [2.45, 2.75) is 32.2 Å². The highest BCUT2D eigenvalue weighted by Crippen LogP contribution is 2.32. The van der Waals surface area contributed by atoms with Crippen molar-refractivity contribution in [3.05, 3.63) is 23.8 Å². The number of rotatable bonds is 3. The van der Waals surface area contributed by atoms with E-state index < -0.39 is 0 Å². The molecule has 1 fully saturated rings. The Balaban J connectivity index is 1.73. The lowest BCUT2D eigenvalue weighted by Gasteiger charge is -2.40. The third-order valence-electron chi connectivity index (χ3n) is 5.06. The average molecular weight is 318 g/mol. The highest BCUT2D eigenvalue weighted by molar-refractivity contribution is 5.80. The van der Waals surface area contributed by atoms with E-state index in [9.17, 15) is 4.79 Å². The van der Waals surface area contributed by atoms with E-state index in [0.29, 0.717) is 25.5 Å². The molecule has 0 aromatic heterocycles. The molecule has 23 heavy (non-hydrogen) atoms. The van der Waals surface area contributed by atoms with Gasteiger partial charge in [0.15, 0.2) is 0 Å². The third kappa shape index (κ3) is 3.29. The minimum atomic E-state index is -0.128. The van der Waals surface area contributed by atoms with Gasteiger partial charge in [-0.1, -0.05) is 6.92 Å². The number of hydrogen-bond donors (Lipinski definition) is 1. The van der Waals surface area contributed by atoms with Crippen molar-refractivity contribution >= 4 is 5.91 Å². The number of carbonyl (C=O) groups is 1. The van der Waals surface area contributed by atoms with Crippen LogP contribution in [0.5, 0.6) is 11.5 Å². The fourth-order valence-corrected chi connectivity index (χ4v) is 3.66. The van der Waals surface area contributed by atoms with Gasteiger partial charge in [0, 0.05) is 19.1 Å². The van der Waals surface area contributed by atoms with Gasteiger partial charge in [0.25, 0.3) is 0 Å². The Kier molecular flexibility index (Phi) is 4.76. The summed E-state index contributed by atoms with van der Waals surface area (Å²) < 4.78 is 11.1. The first kappa shape index (κ1) is 16.1. The second-order valence-corrected chi connectivity index (χ2v) is 6.74. The molecule has 0 aliphatic carbocycles. The number of methoxy groups -OCH3 is 1. The molecule has 3 unspecified atom stereocenters. The molecule has 0 saturated carbocycles. The van der Waals surface area contributed by atoms with Gasteiger partial charge in [-0.15, -0.1) is 0 Å². The largest absolute Gasteiger partial charge is 0.497 e. The first-order chi connectivity index (χ1) is 11.1. The van der Waals surface area contributed by atoms with Crippen molar-refractivity contribution in [1.82, 2.24) is 4.90 Å². The molecule has 5 nitrogen and oxygen atoms in total. The molecule has 2 heterocycles. The SMILES string of the molecule is COc1ccc2c(c1)CC(C(=O)N1CCC(C)CC1CN)CO2. The second-order valence-electron chi connectivity index (χ2n) is 6.74. The van der Waals surface area contributed by atoms with E-state index >= 15 is 0 Å². The Labute approximate surface area is 137 Å². The topological polar surface area (TPSA) is 64.8 Å². The summed E-state index contributed by atoms with van der Waals surface area (Å²) in [7, 11) is 1.65. The maximum absolute atomic E-state index is 13.0. The van der Waals surface area contributed by atoms with Crippen LogP contribution in [0.1, 0.15) is 25.3 Å². The molecule has 1 amide bonds. The fourth-order valence-electron chi connectivity index (χ4n) is 3.66. The van der Waals surface area contributed by atoms with E-state index in [-0.39, 0.29) is 17.9 Å². The van der Waals surface area contributed by atoms with Crippen LogP contribution < -0.4 is 15.2 Å². The van der Waals surface area contributed by atoms with Crippen molar-refractivity contribution in [2.75, 3.05) is 26.8 Å². The Morgan fingerprint density at radius 2 is 2.30 bits per heavy atom. The van der Waals surface area contributed by atoms with E-state index in [0.717, 1.165) is 36.4 Å². The van der Waals surface area contributed by atoms with E-state index in [1.165, 1.54) is 0 Å². The van der Waals surface area contributed by atoms with Gasteiger partial charge in [-0.2, -0.15) is 0 Å². The summed E-state index contributed by atoms with van der Waals surface area (Å²) in [4.78, 5) is 14.9. The van der Waals surface area contributed by atoms with Crippen molar-refractivity contribution < 1.29 is 14.3 Å². The summed E-state index contributed by atoms with van der Waals surface area (Å²) >= 11 is 0. The van der Waals surface area contributed by atoms with Gasteiger partial charge in [0.1, 0.15) is 18.1 Å². The van der Waals surface area contributed by atoms with E-state index in [1.54, 1.807) is 7.11 Å². The summed E-state index contributed by atoms with van der Waals surface area (Å²) in [6.45, 7) is 4.02. The number of ether oxygens (including phenoxy) is 2. The lowest BCUT2D eigenvalue weighted by molar-refractivity contribution is -0.141. The lowest BCUT2D eigenvalue weighted by Crippen LogP contribution is -2.52. The summed E-state index contributed by atoms with van der Waals surface area (Å²) in [6.07, 6.45) is 2.76. The van der Waals surface area contributed by atoms with Gasteiger partial charge in [-0.25, -0.2) is 0 Å². The average Bonchev–Trinajstić information content (AvgIpc) is 2.59. The standard InChI is InChI=1S/C18H26N2O3/c1-12-5-6-20(15(7-12)10-19)18(21)14-8-13-9-16(22-2)3-4-17(13)23-11-14/h3-4,9,12,14-15H,5-8,10-11,19H2,1-2H3. The van der Waals surface area contributed by atoms with E-state index in [1.807, 2.05) is 23.1 Å². The molecule has 1 saturated heterocycles. The molecule has 3 rings (SSSR count). The lowest BCUT2D eigenvalue weighted by atomic mass is 9.89. The number of nitrogens with two attached hydrogens (primary N) is 1. The fraction of sp³-hybridized carbons (Fsp3) is 0.611. The molecule has 2 aliphatic rings. The monoisotopic (exact) mass is 318 g/mol. The third-order valence-corrected chi connectivity index (χ3v) is 5.06. The van der Waals surface area contributed by atoms with Crippen LogP contribution in [0, 0.1) is 11.8 Å². The van der Waals surface area contributed by atoms with Crippen molar-refractivity contribution in [3.8, 4) is 11.5 Å². The Morgan fingerprint density at radius 3 is 3.04 bits per heavy atom. The molecular formula is C18H26N2O3. The maximum Gasteiger partial charge on any atom is 0.229 e. The number of piperidine rings is 1. The van der Waals surface area contributed by atoms with Crippen molar-refractivity contribution in [3.63, 3.8) is 0 Å². The summed E-state index contributed by atoms with van der Waals surface area (Å²) in [5.74, 6) is 2.35. The molecule has 126 valence electrons. The number of fused-ring (bicyclic) bond motifs is 1. The molecule has 5 heteroatoms. The quantitative estimate of drug-likeness (QED) is 0.923. The van der Waals surface area contributed by atoms with Crippen LogP contribution in [-0.2, 0) is 11.2 Å². The minimum absolute atomic E-state index is 0.128. The highest BCUT2D eigenvalue weighted by atomic mass is 16.5. The number of nitrogens with zero attached hydrogens (tertiary/aromatic N) is 1. The van der Waals surface area contributed by atoms with Crippen LogP contribution in [0.15, 0.2) is 18.2 Å². The highest BCUT2D eigenvalue weighted by Gasteiger charge is 2.35. The second kappa shape index (κ2) is 6.79. The molecule has 2 aliphatic heterocycles. The molecule has 1 aromatic carbocycles. The van der Waals surface area contributed by atoms with Crippen LogP contribution in [-0.4, -0.2) is 43.7 Å². The van der Waals surface area contributed by atoms with Crippen LogP contribution in [0.4, 0.5) is 0 Å². The first-order valence-electron chi connectivity index (χ1n) is 8.42. The molecule has 3 atom stereocenters. The molecule has 0 bridgehead atoms. The minimum Gasteiger partial charge on any atom is -0.497 e. The summed E-state index contributed by atoms with van der Waals surface area (Å²) in [5.41, 5.74) is 6.94. The normalized spacial score (nSPS) is 27.1. The molecular weight excluding hydrogens is 292 g/mol. The molecule has 2 N–H and O–H groups in total. The summed E-state index contributed by atoms with van der Waals surface area (Å²) in [6, 6.07) is 5.93. The van der Waals surface area contributed by atoms with Crippen LogP contribution in [0.25, 0.3) is 0 Å². The van der Waals surface area contributed by atoms with Crippen molar-refractivity contribution in [1.29, 1.82) is 0 Å². The smallest absolute Gasteiger partial charge is 0.229 e. The molecule has 0 radical (unpaired) electrons.